The molecule has 0 amide bonds. The third-order valence-electron chi connectivity index (χ3n) is 2.52. The number of hydrogen-bond donors (Lipinski definition) is 1. The Kier molecular flexibility index (Phi) is 6.08. The van der Waals surface area contributed by atoms with Gasteiger partial charge in [0.1, 0.15) is 0 Å². The quantitative estimate of drug-likeness (QED) is 0.707. The highest BCUT2D eigenvalue weighted by Crippen LogP contribution is 2.20. The molecule has 0 aromatic heterocycles. The van der Waals surface area contributed by atoms with Gasteiger partial charge in [0.2, 0.25) is 0 Å². The van der Waals surface area contributed by atoms with Crippen LogP contribution in [0.3, 0.4) is 0 Å². The van der Waals surface area contributed by atoms with Crippen LogP contribution in [0.5, 0.6) is 0 Å². The maximum atomic E-state index is 11.8. The Morgan fingerprint density at radius 3 is 2.44 bits per heavy atom. The van der Waals surface area contributed by atoms with E-state index in [9.17, 15) is 13.2 Å². The van der Waals surface area contributed by atoms with Gasteiger partial charge in [0.15, 0.2) is 0 Å². The Morgan fingerprint density at radius 1 is 1.12 bits per heavy atom. The van der Waals surface area contributed by atoms with E-state index in [2.05, 4.69) is 10.2 Å². The van der Waals surface area contributed by atoms with Crippen LogP contribution in [0.4, 0.5) is 13.2 Å². The highest BCUT2D eigenvalue weighted by Gasteiger charge is 2.25. The molecule has 1 N–H and O–H groups in total. The van der Waals surface area contributed by atoms with Crippen molar-refractivity contribution in [1.82, 2.24) is 10.2 Å². The van der Waals surface area contributed by atoms with Crippen molar-refractivity contribution >= 4 is 0 Å². The highest BCUT2D eigenvalue weighted by molar-refractivity contribution is 4.63. The molecule has 1 rings (SSSR count). The van der Waals surface area contributed by atoms with Crippen LogP contribution < -0.4 is 5.32 Å². The maximum absolute atomic E-state index is 11.8. The van der Waals surface area contributed by atoms with Gasteiger partial charge in [-0.05, 0) is 13.0 Å². The number of nitrogens with zero attached hydrogens (tertiary/aromatic N) is 1. The molecule has 0 spiro atoms. The second-order valence-electron chi connectivity index (χ2n) is 3.92. The van der Waals surface area contributed by atoms with Crippen LogP contribution in [0.2, 0.25) is 0 Å². The zero-order chi connectivity index (χ0) is 11.9. The SMILES string of the molecule is FC(F)(F)CCCNCCN1CCOCC1. The van der Waals surface area contributed by atoms with Gasteiger partial charge in [0, 0.05) is 32.6 Å². The van der Waals surface area contributed by atoms with Crippen molar-refractivity contribution in [2.75, 3.05) is 45.9 Å². The average Bonchev–Trinajstić information content (AvgIpc) is 2.23. The topological polar surface area (TPSA) is 24.5 Å². The molecule has 0 aliphatic carbocycles. The lowest BCUT2D eigenvalue weighted by Gasteiger charge is -2.26. The van der Waals surface area contributed by atoms with E-state index in [1.165, 1.54) is 0 Å². The van der Waals surface area contributed by atoms with E-state index >= 15 is 0 Å². The highest BCUT2D eigenvalue weighted by atomic mass is 19.4. The first-order valence-corrected chi connectivity index (χ1v) is 5.65. The van der Waals surface area contributed by atoms with Crippen LogP contribution in [0.15, 0.2) is 0 Å². The van der Waals surface area contributed by atoms with Gasteiger partial charge in [0.05, 0.1) is 13.2 Å². The molecule has 1 aliphatic rings. The van der Waals surface area contributed by atoms with Crippen LogP contribution >= 0.6 is 0 Å². The maximum Gasteiger partial charge on any atom is 0.389 e. The summed E-state index contributed by atoms with van der Waals surface area (Å²) in [5.74, 6) is 0. The molecule has 1 aliphatic heterocycles. The second kappa shape index (κ2) is 7.09. The summed E-state index contributed by atoms with van der Waals surface area (Å²) >= 11 is 0. The Bertz CT molecular complexity index is 181. The van der Waals surface area contributed by atoms with Crippen LogP contribution in [0.1, 0.15) is 12.8 Å². The molecule has 1 fully saturated rings. The summed E-state index contributed by atoms with van der Waals surface area (Å²) in [6, 6.07) is 0. The molecule has 0 atom stereocenters. The van der Waals surface area contributed by atoms with Gasteiger partial charge >= 0.3 is 6.18 Å². The smallest absolute Gasteiger partial charge is 0.379 e. The van der Waals surface area contributed by atoms with Crippen LogP contribution in [-0.4, -0.2) is 57.0 Å². The number of rotatable bonds is 6. The first kappa shape index (κ1) is 13.7. The first-order chi connectivity index (χ1) is 7.58. The fourth-order valence-corrected chi connectivity index (χ4v) is 1.60. The summed E-state index contributed by atoms with van der Waals surface area (Å²) in [5, 5.41) is 3.02. The van der Waals surface area contributed by atoms with Crippen LogP contribution in [0.25, 0.3) is 0 Å². The van der Waals surface area contributed by atoms with Gasteiger partial charge in [-0.1, -0.05) is 0 Å². The Balaban J connectivity index is 1.87. The molecule has 0 aromatic carbocycles. The summed E-state index contributed by atoms with van der Waals surface area (Å²) < 4.78 is 40.6. The summed E-state index contributed by atoms with van der Waals surface area (Å²) in [6.07, 6.45) is -4.56. The molecular weight excluding hydrogens is 221 g/mol. The van der Waals surface area contributed by atoms with Crippen molar-refractivity contribution in [3.8, 4) is 0 Å². The summed E-state index contributed by atoms with van der Waals surface area (Å²) in [6.45, 7) is 5.42. The fraction of sp³-hybridized carbons (Fsp3) is 1.00. The number of halogens is 3. The van der Waals surface area contributed by atoms with Crippen LogP contribution in [0, 0.1) is 0 Å². The van der Waals surface area contributed by atoms with E-state index < -0.39 is 12.6 Å². The minimum absolute atomic E-state index is 0.159. The molecule has 0 bridgehead atoms. The molecule has 6 heteroatoms. The van der Waals surface area contributed by atoms with Gasteiger partial charge in [-0.15, -0.1) is 0 Å². The van der Waals surface area contributed by atoms with E-state index in [-0.39, 0.29) is 6.42 Å². The standard InChI is InChI=1S/C10H19F3N2O/c11-10(12,13)2-1-3-14-4-5-15-6-8-16-9-7-15/h14H,1-9H2. The van der Waals surface area contributed by atoms with E-state index in [1.54, 1.807) is 0 Å². The number of morpholine rings is 1. The minimum atomic E-state index is -4.02. The molecule has 0 unspecified atom stereocenters. The third-order valence-corrected chi connectivity index (χ3v) is 2.52. The van der Waals surface area contributed by atoms with Gasteiger partial charge in [0.25, 0.3) is 0 Å². The minimum Gasteiger partial charge on any atom is -0.379 e. The van der Waals surface area contributed by atoms with Crippen LogP contribution in [-0.2, 0) is 4.74 Å². The average molecular weight is 240 g/mol. The molecule has 96 valence electrons. The molecule has 3 nitrogen and oxygen atoms in total. The van der Waals surface area contributed by atoms with Crippen molar-refractivity contribution < 1.29 is 17.9 Å². The van der Waals surface area contributed by atoms with Crippen molar-refractivity contribution in [3.05, 3.63) is 0 Å². The molecule has 0 radical (unpaired) electrons. The largest absolute Gasteiger partial charge is 0.389 e. The molecule has 0 saturated carbocycles. The summed E-state index contributed by atoms with van der Waals surface area (Å²) in [4.78, 5) is 2.25. The Hall–Kier alpha value is -0.330. The van der Waals surface area contributed by atoms with E-state index in [1.807, 2.05) is 0 Å². The fourth-order valence-electron chi connectivity index (χ4n) is 1.60. The number of alkyl halides is 3. The van der Waals surface area contributed by atoms with Gasteiger partial charge in [-0.2, -0.15) is 13.2 Å². The Morgan fingerprint density at radius 2 is 1.81 bits per heavy atom. The Labute approximate surface area is 93.9 Å². The van der Waals surface area contributed by atoms with Crippen molar-refractivity contribution in [3.63, 3.8) is 0 Å². The first-order valence-electron chi connectivity index (χ1n) is 5.65. The van der Waals surface area contributed by atoms with E-state index in [4.69, 9.17) is 4.74 Å². The molecule has 16 heavy (non-hydrogen) atoms. The van der Waals surface area contributed by atoms with Crippen molar-refractivity contribution in [1.29, 1.82) is 0 Å². The molecule has 0 aromatic rings. The predicted molar refractivity (Wildman–Crippen MR) is 55.4 cm³/mol. The predicted octanol–water partition coefficient (Wildman–Crippen LogP) is 1.25. The number of nitrogens with one attached hydrogen (secondary N) is 1. The lowest BCUT2D eigenvalue weighted by atomic mass is 10.3. The summed E-state index contributed by atoms with van der Waals surface area (Å²) in [7, 11) is 0. The van der Waals surface area contributed by atoms with Gasteiger partial charge < -0.3 is 10.1 Å². The third kappa shape index (κ3) is 7.03. The normalized spacial score (nSPS) is 18.9. The monoisotopic (exact) mass is 240 g/mol. The van der Waals surface area contributed by atoms with Gasteiger partial charge in [-0.25, -0.2) is 0 Å². The second-order valence-corrected chi connectivity index (χ2v) is 3.92. The summed E-state index contributed by atoms with van der Waals surface area (Å²) in [5.41, 5.74) is 0. The molecular formula is C10H19F3N2O. The van der Waals surface area contributed by atoms with Gasteiger partial charge in [-0.3, -0.25) is 4.90 Å². The van der Waals surface area contributed by atoms with Crippen molar-refractivity contribution in [2.45, 2.75) is 19.0 Å². The number of hydrogen-bond acceptors (Lipinski definition) is 3. The molecule has 1 saturated heterocycles. The lowest BCUT2D eigenvalue weighted by molar-refractivity contribution is -0.135. The zero-order valence-corrected chi connectivity index (χ0v) is 9.35. The van der Waals surface area contributed by atoms with E-state index in [0.29, 0.717) is 6.54 Å². The number of ether oxygens (including phenoxy) is 1. The lowest BCUT2D eigenvalue weighted by Crippen LogP contribution is -2.40. The zero-order valence-electron chi connectivity index (χ0n) is 9.35. The van der Waals surface area contributed by atoms with Crippen molar-refractivity contribution in [2.24, 2.45) is 0 Å². The van der Waals surface area contributed by atoms with E-state index in [0.717, 1.165) is 39.4 Å². The molecule has 1 heterocycles.